The smallest absolute Gasteiger partial charge is 0.252 e. The van der Waals surface area contributed by atoms with Gasteiger partial charge in [-0.15, -0.1) is 0 Å². The van der Waals surface area contributed by atoms with Gasteiger partial charge in [0, 0.05) is 25.8 Å². The molecule has 0 unspecified atom stereocenters. The van der Waals surface area contributed by atoms with Crippen molar-refractivity contribution in [1.82, 2.24) is 15.2 Å². The van der Waals surface area contributed by atoms with Crippen molar-refractivity contribution in [3.05, 3.63) is 23.9 Å². The van der Waals surface area contributed by atoms with E-state index in [0.717, 1.165) is 38.4 Å². The largest absolute Gasteiger partial charge is 0.370 e. The molecule has 1 aliphatic rings. The Balaban J connectivity index is 1.73. The first kappa shape index (κ1) is 14.8. The number of pyridine rings is 1. The molecule has 1 aliphatic heterocycles. The Morgan fingerprint density at radius 3 is 2.75 bits per heavy atom. The fourth-order valence-electron chi connectivity index (χ4n) is 2.32. The van der Waals surface area contributed by atoms with Gasteiger partial charge in [-0.1, -0.05) is 6.92 Å². The van der Waals surface area contributed by atoms with Crippen LogP contribution >= 0.6 is 0 Å². The quantitative estimate of drug-likeness (QED) is 0.796. The summed E-state index contributed by atoms with van der Waals surface area (Å²) >= 11 is 0. The zero-order chi connectivity index (χ0) is 14.2. The number of likely N-dealkylation sites (tertiary alicyclic amines) is 1. The third-order valence-electron chi connectivity index (χ3n) is 3.49. The molecule has 1 aromatic heterocycles. The Labute approximate surface area is 120 Å². The Morgan fingerprint density at radius 1 is 1.30 bits per heavy atom. The minimum Gasteiger partial charge on any atom is -0.370 e. The maximum Gasteiger partial charge on any atom is 0.252 e. The molecule has 2 N–H and O–H groups in total. The van der Waals surface area contributed by atoms with Crippen molar-refractivity contribution in [3.8, 4) is 0 Å². The Morgan fingerprint density at radius 2 is 2.10 bits per heavy atom. The highest BCUT2D eigenvalue weighted by Crippen LogP contribution is 2.06. The second kappa shape index (κ2) is 7.85. The van der Waals surface area contributed by atoms with E-state index in [-0.39, 0.29) is 5.91 Å². The van der Waals surface area contributed by atoms with Gasteiger partial charge in [-0.25, -0.2) is 4.98 Å². The lowest BCUT2D eigenvalue weighted by atomic mass is 10.2. The van der Waals surface area contributed by atoms with Crippen LogP contribution in [0.25, 0.3) is 0 Å². The summed E-state index contributed by atoms with van der Waals surface area (Å²) in [7, 11) is 0. The second-order valence-corrected chi connectivity index (χ2v) is 5.16. The third kappa shape index (κ3) is 4.49. The maximum absolute atomic E-state index is 12.0. The molecule has 0 radical (unpaired) electrons. The summed E-state index contributed by atoms with van der Waals surface area (Å²) in [5, 5.41) is 6.14. The van der Waals surface area contributed by atoms with Gasteiger partial charge in [0.25, 0.3) is 5.91 Å². The Kier molecular flexibility index (Phi) is 5.80. The van der Waals surface area contributed by atoms with Gasteiger partial charge in [0.15, 0.2) is 0 Å². The molecular weight excluding hydrogens is 252 g/mol. The van der Waals surface area contributed by atoms with E-state index < -0.39 is 0 Å². The molecule has 0 saturated carbocycles. The number of nitrogens with one attached hydrogen (secondary N) is 2. The number of anilines is 1. The molecule has 0 spiro atoms. The summed E-state index contributed by atoms with van der Waals surface area (Å²) in [5.74, 6) is 0.777. The van der Waals surface area contributed by atoms with Crippen molar-refractivity contribution >= 4 is 11.7 Å². The molecule has 1 fully saturated rings. The summed E-state index contributed by atoms with van der Waals surface area (Å²) in [6.45, 7) is 6.97. The van der Waals surface area contributed by atoms with Crippen molar-refractivity contribution in [1.29, 1.82) is 0 Å². The van der Waals surface area contributed by atoms with E-state index in [1.54, 1.807) is 6.20 Å². The first-order valence-corrected chi connectivity index (χ1v) is 7.50. The standard InChI is InChI=1S/C15H24N4O/c1-2-7-16-14-6-5-13(12-18-14)15(20)17-8-11-19-9-3-4-10-19/h5-6,12H,2-4,7-11H2,1H3,(H,16,18)(H,17,20). The molecule has 1 saturated heterocycles. The van der Waals surface area contributed by atoms with Crippen LogP contribution in [0.4, 0.5) is 5.82 Å². The summed E-state index contributed by atoms with van der Waals surface area (Å²) < 4.78 is 0. The summed E-state index contributed by atoms with van der Waals surface area (Å²) in [6.07, 6.45) is 5.25. The highest BCUT2D eigenvalue weighted by Gasteiger charge is 2.11. The van der Waals surface area contributed by atoms with Gasteiger partial charge in [-0.3, -0.25) is 4.79 Å². The zero-order valence-electron chi connectivity index (χ0n) is 12.2. The predicted molar refractivity (Wildman–Crippen MR) is 81.0 cm³/mol. The second-order valence-electron chi connectivity index (χ2n) is 5.16. The lowest BCUT2D eigenvalue weighted by Gasteiger charge is -2.14. The molecule has 0 bridgehead atoms. The number of nitrogens with zero attached hydrogens (tertiary/aromatic N) is 2. The molecule has 5 nitrogen and oxygen atoms in total. The van der Waals surface area contributed by atoms with Gasteiger partial charge in [0.1, 0.15) is 5.82 Å². The van der Waals surface area contributed by atoms with Gasteiger partial charge >= 0.3 is 0 Å². The number of aromatic nitrogens is 1. The number of rotatable bonds is 7. The van der Waals surface area contributed by atoms with E-state index in [4.69, 9.17) is 0 Å². The van der Waals surface area contributed by atoms with Crippen LogP contribution < -0.4 is 10.6 Å². The molecule has 0 atom stereocenters. The van der Waals surface area contributed by atoms with Crippen LogP contribution in [0, 0.1) is 0 Å². The minimum atomic E-state index is -0.0428. The Bertz CT molecular complexity index is 412. The lowest BCUT2D eigenvalue weighted by Crippen LogP contribution is -2.33. The van der Waals surface area contributed by atoms with E-state index >= 15 is 0 Å². The molecule has 2 rings (SSSR count). The summed E-state index contributed by atoms with van der Waals surface area (Å²) in [5.41, 5.74) is 0.619. The molecule has 5 heteroatoms. The van der Waals surface area contributed by atoms with Crippen LogP contribution in [0.15, 0.2) is 18.3 Å². The molecule has 1 aromatic rings. The average molecular weight is 276 g/mol. The molecule has 1 amide bonds. The van der Waals surface area contributed by atoms with Crippen molar-refractivity contribution in [2.45, 2.75) is 26.2 Å². The number of amides is 1. The molecule has 20 heavy (non-hydrogen) atoms. The SMILES string of the molecule is CCCNc1ccc(C(=O)NCCN2CCCC2)cn1. The van der Waals surface area contributed by atoms with Crippen LogP contribution in [0.3, 0.4) is 0 Å². The maximum atomic E-state index is 12.0. The molecule has 0 aliphatic carbocycles. The van der Waals surface area contributed by atoms with Gasteiger partial charge in [0.05, 0.1) is 5.56 Å². The van der Waals surface area contributed by atoms with Gasteiger partial charge in [0.2, 0.25) is 0 Å². The highest BCUT2D eigenvalue weighted by molar-refractivity contribution is 5.94. The number of hydrogen-bond acceptors (Lipinski definition) is 4. The predicted octanol–water partition coefficient (Wildman–Crippen LogP) is 1.73. The molecular formula is C15H24N4O. The number of hydrogen-bond donors (Lipinski definition) is 2. The monoisotopic (exact) mass is 276 g/mol. The van der Waals surface area contributed by atoms with Gasteiger partial charge < -0.3 is 15.5 Å². The van der Waals surface area contributed by atoms with Crippen LogP contribution in [-0.4, -0.2) is 48.5 Å². The first-order chi connectivity index (χ1) is 9.79. The van der Waals surface area contributed by atoms with Crippen molar-refractivity contribution < 1.29 is 4.79 Å². The van der Waals surface area contributed by atoms with E-state index in [0.29, 0.717) is 12.1 Å². The minimum absolute atomic E-state index is 0.0428. The lowest BCUT2D eigenvalue weighted by molar-refractivity contribution is 0.0949. The highest BCUT2D eigenvalue weighted by atomic mass is 16.1. The molecule has 2 heterocycles. The fourth-order valence-corrected chi connectivity index (χ4v) is 2.32. The van der Waals surface area contributed by atoms with Crippen molar-refractivity contribution in [2.24, 2.45) is 0 Å². The molecule has 110 valence electrons. The number of carbonyl (C=O) groups excluding carboxylic acids is 1. The van der Waals surface area contributed by atoms with Crippen molar-refractivity contribution in [3.63, 3.8) is 0 Å². The Hall–Kier alpha value is -1.62. The first-order valence-electron chi connectivity index (χ1n) is 7.50. The van der Waals surface area contributed by atoms with Crippen LogP contribution in [0.5, 0.6) is 0 Å². The topological polar surface area (TPSA) is 57.3 Å². The fraction of sp³-hybridized carbons (Fsp3) is 0.600. The average Bonchev–Trinajstić information content (AvgIpc) is 2.99. The zero-order valence-corrected chi connectivity index (χ0v) is 12.2. The van der Waals surface area contributed by atoms with E-state index in [1.165, 1.54) is 12.8 Å². The van der Waals surface area contributed by atoms with E-state index in [1.807, 2.05) is 12.1 Å². The van der Waals surface area contributed by atoms with Crippen LogP contribution in [-0.2, 0) is 0 Å². The van der Waals surface area contributed by atoms with E-state index in [9.17, 15) is 4.79 Å². The van der Waals surface area contributed by atoms with Crippen molar-refractivity contribution in [2.75, 3.05) is 38.0 Å². The van der Waals surface area contributed by atoms with Crippen LogP contribution in [0.1, 0.15) is 36.5 Å². The van der Waals surface area contributed by atoms with E-state index in [2.05, 4.69) is 27.4 Å². The normalized spacial score (nSPS) is 15.2. The van der Waals surface area contributed by atoms with Crippen LogP contribution in [0.2, 0.25) is 0 Å². The third-order valence-corrected chi connectivity index (χ3v) is 3.49. The van der Waals surface area contributed by atoms with Gasteiger partial charge in [-0.05, 0) is 44.5 Å². The number of carbonyl (C=O) groups is 1. The van der Waals surface area contributed by atoms with Gasteiger partial charge in [-0.2, -0.15) is 0 Å². The summed E-state index contributed by atoms with van der Waals surface area (Å²) in [4.78, 5) is 18.6. The molecule has 0 aromatic carbocycles. The summed E-state index contributed by atoms with van der Waals surface area (Å²) in [6, 6.07) is 3.67.